The van der Waals surface area contributed by atoms with Crippen molar-refractivity contribution in [3.63, 3.8) is 0 Å². The van der Waals surface area contributed by atoms with Crippen LogP contribution in [0.2, 0.25) is 0 Å². The molecule has 8 nitrogen and oxygen atoms in total. The Labute approximate surface area is 180 Å². The maximum absolute atomic E-state index is 13.6. The number of benzene rings is 1. The number of rotatable bonds is 6. The number of imidazole rings is 2. The Balaban J connectivity index is 1.98. The fourth-order valence-electron chi connectivity index (χ4n) is 4.23. The third-order valence-corrected chi connectivity index (χ3v) is 6.19. The summed E-state index contributed by atoms with van der Waals surface area (Å²) in [4.78, 5) is 31.4. The molecule has 0 saturated heterocycles. The Bertz CT molecular complexity index is 1420. The highest BCUT2D eigenvalue weighted by atomic mass is 16.5. The number of hydrogen-bond acceptors (Lipinski definition) is 4. The molecule has 4 rings (SSSR count). The molecular weight excluding hydrogens is 394 g/mol. The van der Waals surface area contributed by atoms with Gasteiger partial charge in [0.1, 0.15) is 0 Å². The first kappa shape index (κ1) is 21.1. The SMILES string of the molecule is COCCCn1c(C)c(C)n2c3c(=O)n(Cc4cc(C)ccc4C)c(=O)n(C)c3nc12. The van der Waals surface area contributed by atoms with Gasteiger partial charge in [-0.25, -0.2) is 4.79 Å². The zero-order valence-corrected chi connectivity index (χ0v) is 19.0. The molecule has 0 spiro atoms. The number of aromatic nitrogens is 5. The Morgan fingerprint density at radius 3 is 2.48 bits per heavy atom. The van der Waals surface area contributed by atoms with E-state index in [1.165, 1.54) is 9.13 Å². The molecule has 0 aliphatic heterocycles. The first-order chi connectivity index (χ1) is 14.8. The largest absolute Gasteiger partial charge is 0.385 e. The van der Waals surface area contributed by atoms with Crippen molar-refractivity contribution >= 4 is 16.9 Å². The molecule has 0 fully saturated rings. The molecule has 0 aliphatic rings. The molecule has 3 heterocycles. The summed E-state index contributed by atoms with van der Waals surface area (Å²) in [7, 11) is 3.36. The second-order valence-corrected chi connectivity index (χ2v) is 8.25. The van der Waals surface area contributed by atoms with Crippen LogP contribution in [0.3, 0.4) is 0 Å². The predicted octanol–water partition coefficient (Wildman–Crippen LogP) is 2.47. The Hall–Kier alpha value is -3.13. The molecule has 164 valence electrons. The van der Waals surface area contributed by atoms with E-state index in [0.29, 0.717) is 23.5 Å². The van der Waals surface area contributed by atoms with E-state index in [1.807, 2.05) is 50.3 Å². The summed E-state index contributed by atoms with van der Waals surface area (Å²) < 4.78 is 12.0. The van der Waals surface area contributed by atoms with Crippen LogP contribution >= 0.6 is 0 Å². The van der Waals surface area contributed by atoms with Gasteiger partial charge in [-0.3, -0.25) is 18.3 Å². The van der Waals surface area contributed by atoms with Crippen LogP contribution in [-0.4, -0.2) is 36.8 Å². The Kier molecular flexibility index (Phi) is 5.35. The van der Waals surface area contributed by atoms with E-state index < -0.39 is 0 Å². The van der Waals surface area contributed by atoms with Gasteiger partial charge in [-0.1, -0.05) is 23.8 Å². The molecule has 1 aromatic carbocycles. The maximum Gasteiger partial charge on any atom is 0.332 e. The minimum atomic E-state index is -0.362. The Morgan fingerprint density at radius 2 is 1.77 bits per heavy atom. The molecule has 0 saturated carbocycles. The van der Waals surface area contributed by atoms with Gasteiger partial charge in [0.15, 0.2) is 11.2 Å². The van der Waals surface area contributed by atoms with Crippen LogP contribution in [0.25, 0.3) is 16.9 Å². The molecule has 0 N–H and O–H groups in total. The molecule has 4 aromatic rings. The van der Waals surface area contributed by atoms with Crippen LogP contribution in [-0.2, 0) is 24.9 Å². The third-order valence-electron chi connectivity index (χ3n) is 6.19. The summed E-state index contributed by atoms with van der Waals surface area (Å²) in [6, 6.07) is 6.07. The van der Waals surface area contributed by atoms with Crippen LogP contribution in [0.5, 0.6) is 0 Å². The van der Waals surface area contributed by atoms with Crippen molar-refractivity contribution in [2.75, 3.05) is 13.7 Å². The van der Waals surface area contributed by atoms with Gasteiger partial charge in [0.05, 0.1) is 6.54 Å². The van der Waals surface area contributed by atoms with Gasteiger partial charge in [0.25, 0.3) is 5.56 Å². The first-order valence-electron chi connectivity index (χ1n) is 10.5. The highest BCUT2D eigenvalue weighted by molar-refractivity contribution is 5.76. The fourth-order valence-corrected chi connectivity index (χ4v) is 4.23. The summed E-state index contributed by atoms with van der Waals surface area (Å²) in [5, 5.41) is 0. The lowest BCUT2D eigenvalue weighted by molar-refractivity contribution is 0.190. The summed E-state index contributed by atoms with van der Waals surface area (Å²) in [5.41, 5.74) is 5.28. The van der Waals surface area contributed by atoms with Crippen molar-refractivity contribution in [1.82, 2.24) is 23.1 Å². The van der Waals surface area contributed by atoms with Gasteiger partial charge in [0.2, 0.25) is 5.78 Å². The molecule has 0 aliphatic carbocycles. The lowest BCUT2D eigenvalue weighted by atomic mass is 10.1. The molecule has 0 bridgehead atoms. The van der Waals surface area contributed by atoms with Crippen LogP contribution in [0.15, 0.2) is 27.8 Å². The van der Waals surface area contributed by atoms with Gasteiger partial charge in [-0.05, 0) is 45.2 Å². The van der Waals surface area contributed by atoms with Gasteiger partial charge >= 0.3 is 5.69 Å². The zero-order chi connectivity index (χ0) is 22.4. The second kappa shape index (κ2) is 7.85. The molecule has 3 aromatic heterocycles. The molecular formula is C23H29N5O3. The molecule has 0 unspecified atom stereocenters. The number of ether oxygens (including phenoxy) is 1. The summed E-state index contributed by atoms with van der Waals surface area (Å²) >= 11 is 0. The van der Waals surface area contributed by atoms with E-state index in [9.17, 15) is 9.59 Å². The smallest absolute Gasteiger partial charge is 0.332 e. The monoisotopic (exact) mass is 423 g/mol. The minimum Gasteiger partial charge on any atom is -0.385 e. The molecule has 0 radical (unpaired) electrons. The molecule has 8 heteroatoms. The number of nitrogens with zero attached hydrogens (tertiary/aromatic N) is 5. The number of aryl methyl sites for hydroxylation is 5. The van der Waals surface area contributed by atoms with Gasteiger partial charge in [-0.2, -0.15) is 4.98 Å². The molecule has 0 atom stereocenters. The topological polar surface area (TPSA) is 75.5 Å². The first-order valence-corrected chi connectivity index (χ1v) is 10.5. The lowest BCUT2D eigenvalue weighted by Crippen LogP contribution is -2.39. The van der Waals surface area contributed by atoms with E-state index in [1.54, 1.807) is 14.2 Å². The highest BCUT2D eigenvalue weighted by Gasteiger charge is 2.22. The molecule has 31 heavy (non-hydrogen) atoms. The van der Waals surface area contributed by atoms with Gasteiger partial charge in [-0.15, -0.1) is 0 Å². The van der Waals surface area contributed by atoms with Crippen LogP contribution in [0, 0.1) is 27.7 Å². The van der Waals surface area contributed by atoms with Crippen molar-refractivity contribution in [2.45, 2.75) is 47.2 Å². The highest BCUT2D eigenvalue weighted by Crippen LogP contribution is 2.21. The van der Waals surface area contributed by atoms with Crippen LogP contribution in [0.4, 0.5) is 0 Å². The third kappa shape index (κ3) is 3.31. The van der Waals surface area contributed by atoms with E-state index in [4.69, 9.17) is 9.72 Å². The standard InChI is InChI=1S/C23H29N5O3/c1-14-8-9-15(2)18(12-14)13-27-21(29)19-20(25(5)23(27)30)24-22-26(10-7-11-31-6)16(3)17(4)28(19)22/h8-9,12H,7,10-11,13H2,1-6H3. The number of fused-ring (bicyclic) bond motifs is 3. The predicted molar refractivity (Wildman–Crippen MR) is 121 cm³/mol. The van der Waals surface area contributed by atoms with Crippen LogP contribution in [0.1, 0.15) is 34.5 Å². The maximum atomic E-state index is 13.6. The van der Waals surface area contributed by atoms with Crippen molar-refractivity contribution in [1.29, 1.82) is 0 Å². The summed E-state index contributed by atoms with van der Waals surface area (Å²) in [6.45, 7) is 9.61. The van der Waals surface area contributed by atoms with Crippen molar-refractivity contribution < 1.29 is 4.74 Å². The minimum absolute atomic E-state index is 0.231. The number of hydrogen-bond donors (Lipinski definition) is 0. The van der Waals surface area contributed by atoms with Crippen molar-refractivity contribution in [3.8, 4) is 0 Å². The van der Waals surface area contributed by atoms with E-state index >= 15 is 0 Å². The quantitative estimate of drug-likeness (QED) is 0.447. The molecule has 0 amide bonds. The van der Waals surface area contributed by atoms with Crippen molar-refractivity contribution in [3.05, 3.63) is 67.1 Å². The van der Waals surface area contributed by atoms with E-state index in [2.05, 4.69) is 4.57 Å². The van der Waals surface area contributed by atoms with Crippen molar-refractivity contribution in [2.24, 2.45) is 7.05 Å². The van der Waals surface area contributed by atoms with Crippen LogP contribution < -0.4 is 11.2 Å². The van der Waals surface area contributed by atoms with Gasteiger partial charge in [0, 0.05) is 38.7 Å². The fraction of sp³-hybridized carbons (Fsp3) is 0.435. The van der Waals surface area contributed by atoms with E-state index in [0.717, 1.165) is 41.0 Å². The normalized spacial score (nSPS) is 11.8. The summed E-state index contributed by atoms with van der Waals surface area (Å²) in [6.07, 6.45) is 0.833. The summed E-state index contributed by atoms with van der Waals surface area (Å²) in [5.74, 6) is 0.678. The second-order valence-electron chi connectivity index (χ2n) is 8.25. The average Bonchev–Trinajstić information content (AvgIpc) is 3.23. The van der Waals surface area contributed by atoms with E-state index in [-0.39, 0.29) is 17.8 Å². The van der Waals surface area contributed by atoms with Gasteiger partial charge < -0.3 is 9.30 Å². The zero-order valence-electron chi connectivity index (χ0n) is 19.0. The lowest BCUT2D eigenvalue weighted by Gasteiger charge is -2.11. The number of methoxy groups -OCH3 is 1. The Morgan fingerprint density at radius 1 is 1.03 bits per heavy atom. The average molecular weight is 424 g/mol.